The Morgan fingerprint density at radius 3 is 1.45 bits per heavy atom. The molecule has 0 fully saturated rings. The van der Waals surface area contributed by atoms with Crippen LogP contribution in [-0.2, 0) is 6.42 Å². The molecular weight excluding hydrogens is 374 g/mol. The maximum Gasteiger partial charge on any atom is 0.0267 e. The number of hydrogen-bond donors (Lipinski definition) is 0. The molecule has 0 aliphatic rings. The second-order valence-electron chi connectivity index (χ2n) is 5.66. The molecule has 0 unspecified atom stereocenters. The number of benzene rings is 3. The summed E-state index contributed by atoms with van der Waals surface area (Å²) in [4.78, 5) is 3.78. The topological polar surface area (TPSA) is 12.9 Å². The van der Waals surface area contributed by atoms with Gasteiger partial charge in [-0.1, -0.05) is 127 Å². The van der Waals surface area contributed by atoms with Crippen LogP contribution in [0.2, 0.25) is 0 Å². The van der Waals surface area contributed by atoms with Crippen molar-refractivity contribution < 1.29 is 0 Å². The van der Waals surface area contributed by atoms with E-state index in [1.807, 2.05) is 65.8 Å². The fourth-order valence-electron chi connectivity index (χ4n) is 2.41. The molecular formula is C30H43N. The van der Waals surface area contributed by atoms with Crippen molar-refractivity contribution in [2.45, 2.75) is 61.8 Å². The molecule has 0 radical (unpaired) electrons. The van der Waals surface area contributed by atoms with Crippen LogP contribution in [0.25, 0.3) is 10.8 Å². The van der Waals surface area contributed by atoms with Gasteiger partial charge in [0.25, 0.3) is 0 Å². The van der Waals surface area contributed by atoms with Gasteiger partial charge in [0.2, 0.25) is 0 Å². The SMILES string of the molecule is CC.CC.CC.CCc1ccccc1.Cc1cccc2ccccc12.c1ccncc1. The summed E-state index contributed by atoms with van der Waals surface area (Å²) in [5.74, 6) is 0. The molecule has 0 amide bonds. The number of aromatic nitrogens is 1. The van der Waals surface area contributed by atoms with Crippen molar-refractivity contribution in [3.8, 4) is 0 Å². The van der Waals surface area contributed by atoms with E-state index in [9.17, 15) is 0 Å². The summed E-state index contributed by atoms with van der Waals surface area (Å²) in [7, 11) is 0. The predicted octanol–water partition coefficient (Wildman–Crippen LogP) is 9.56. The Balaban J connectivity index is 0. The molecule has 0 N–H and O–H groups in total. The van der Waals surface area contributed by atoms with Crippen LogP contribution in [0.1, 0.15) is 59.6 Å². The van der Waals surface area contributed by atoms with E-state index in [2.05, 4.69) is 85.6 Å². The molecule has 0 aliphatic carbocycles. The summed E-state index contributed by atoms with van der Waals surface area (Å²) in [5.41, 5.74) is 2.76. The van der Waals surface area contributed by atoms with Crippen LogP contribution in [0.5, 0.6) is 0 Å². The molecule has 1 nitrogen and oxygen atoms in total. The van der Waals surface area contributed by atoms with Crippen molar-refractivity contribution in [1.29, 1.82) is 0 Å². The van der Waals surface area contributed by atoms with Gasteiger partial charge in [0.1, 0.15) is 0 Å². The standard InChI is InChI=1S/C11H10.C8H10.C5H5N.3C2H6/c1-9-5-4-7-10-6-2-3-8-11(9)10;1-2-8-6-4-3-5-7-8;1-2-4-6-5-3-1;3*1-2/h2-8H,1H3;3-7H,2H2,1H3;1-5H;3*1-2H3. The summed E-state index contributed by atoms with van der Waals surface area (Å²) in [5, 5.41) is 2.68. The van der Waals surface area contributed by atoms with E-state index in [-0.39, 0.29) is 0 Å². The number of pyridine rings is 1. The van der Waals surface area contributed by atoms with Gasteiger partial charge < -0.3 is 0 Å². The molecule has 1 heteroatoms. The van der Waals surface area contributed by atoms with Gasteiger partial charge in [-0.3, -0.25) is 4.98 Å². The van der Waals surface area contributed by atoms with Crippen LogP contribution in [-0.4, -0.2) is 4.98 Å². The van der Waals surface area contributed by atoms with Crippen molar-refractivity contribution in [2.24, 2.45) is 0 Å². The Kier molecular flexibility index (Phi) is 22.8. The Morgan fingerprint density at radius 1 is 0.548 bits per heavy atom. The molecule has 0 saturated carbocycles. The lowest BCUT2D eigenvalue weighted by Gasteiger charge is -1.98. The highest BCUT2D eigenvalue weighted by molar-refractivity contribution is 5.85. The van der Waals surface area contributed by atoms with E-state index in [0.29, 0.717) is 0 Å². The molecule has 168 valence electrons. The fraction of sp³-hybridized carbons (Fsp3) is 0.300. The molecule has 0 bridgehead atoms. The highest BCUT2D eigenvalue weighted by atomic mass is 14.6. The first-order valence-corrected chi connectivity index (χ1v) is 11.6. The first kappa shape index (κ1) is 30.3. The molecule has 4 aromatic rings. The van der Waals surface area contributed by atoms with Crippen LogP contribution in [0.4, 0.5) is 0 Å². The number of nitrogens with zero attached hydrogens (tertiary/aromatic N) is 1. The maximum absolute atomic E-state index is 3.78. The van der Waals surface area contributed by atoms with Crippen molar-refractivity contribution >= 4 is 10.8 Å². The largest absolute Gasteiger partial charge is 0.265 e. The van der Waals surface area contributed by atoms with Gasteiger partial charge in [0.05, 0.1) is 0 Å². The Labute approximate surface area is 192 Å². The molecule has 4 rings (SSSR count). The van der Waals surface area contributed by atoms with E-state index < -0.39 is 0 Å². The Hall–Kier alpha value is -2.93. The summed E-state index contributed by atoms with van der Waals surface area (Å²) >= 11 is 0. The first-order chi connectivity index (χ1) is 15.3. The summed E-state index contributed by atoms with van der Waals surface area (Å²) in [6.07, 6.45) is 4.64. The van der Waals surface area contributed by atoms with Crippen LogP contribution >= 0.6 is 0 Å². The molecule has 0 aliphatic heterocycles. The molecule has 3 aromatic carbocycles. The van der Waals surface area contributed by atoms with Gasteiger partial charge in [-0.05, 0) is 47.4 Å². The summed E-state index contributed by atoms with van der Waals surface area (Å²) in [6.45, 7) is 16.3. The molecule has 1 heterocycles. The number of fused-ring (bicyclic) bond motifs is 1. The lowest BCUT2D eigenvalue weighted by Crippen LogP contribution is -1.75. The minimum Gasteiger partial charge on any atom is -0.265 e. The lowest BCUT2D eigenvalue weighted by molar-refractivity contribution is 1.14. The normalized spacial score (nSPS) is 8.13. The Bertz CT molecular complexity index is 807. The van der Waals surface area contributed by atoms with Crippen LogP contribution < -0.4 is 0 Å². The number of rotatable bonds is 1. The van der Waals surface area contributed by atoms with E-state index >= 15 is 0 Å². The van der Waals surface area contributed by atoms with Crippen molar-refractivity contribution in [3.63, 3.8) is 0 Å². The van der Waals surface area contributed by atoms with Crippen molar-refractivity contribution in [3.05, 3.63) is 115 Å². The first-order valence-electron chi connectivity index (χ1n) is 11.6. The van der Waals surface area contributed by atoms with Gasteiger partial charge in [0.15, 0.2) is 0 Å². The lowest BCUT2D eigenvalue weighted by atomic mass is 10.1. The second kappa shape index (κ2) is 23.3. The minimum absolute atomic E-state index is 1.14. The van der Waals surface area contributed by atoms with Crippen LogP contribution in [0.15, 0.2) is 103 Å². The van der Waals surface area contributed by atoms with Crippen LogP contribution in [0.3, 0.4) is 0 Å². The average Bonchev–Trinajstić information content (AvgIpc) is 2.90. The summed E-state index contributed by atoms with van der Waals surface area (Å²) < 4.78 is 0. The maximum atomic E-state index is 3.78. The van der Waals surface area contributed by atoms with Gasteiger partial charge in [0, 0.05) is 12.4 Å². The second-order valence-corrected chi connectivity index (χ2v) is 5.66. The van der Waals surface area contributed by atoms with Crippen LogP contribution in [0, 0.1) is 6.92 Å². The Morgan fingerprint density at radius 2 is 1.03 bits per heavy atom. The van der Waals surface area contributed by atoms with Gasteiger partial charge in [-0.15, -0.1) is 0 Å². The third kappa shape index (κ3) is 14.7. The van der Waals surface area contributed by atoms with E-state index in [0.717, 1.165) is 6.42 Å². The summed E-state index contributed by atoms with van der Waals surface area (Å²) in [6, 6.07) is 31.0. The minimum atomic E-state index is 1.14. The molecule has 0 spiro atoms. The molecule has 1 aromatic heterocycles. The fourth-order valence-corrected chi connectivity index (χ4v) is 2.41. The van der Waals surface area contributed by atoms with Crippen molar-refractivity contribution in [2.75, 3.05) is 0 Å². The van der Waals surface area contributed by atoms with Crippen molar-refractivity contribution in [1.82, 2.24) is 4.98 Å². The third-order valence-corrected chi connectivity index (χ3v) is 3.83. The van der Waals surface area contributed by atoms with E-state index in [1.165, 1.54) is 21.9 Å². The third-order valence-electron chi connectivity index (χ3n) is 3.83. The van der Waals surface area contributed by atoms with E-state index in [4.69, 9.17) is 0 Å². The molecule has 0 saturated heterocycles. The zero-order chi connectivity index (χ0) is 23.7. The van der Waals surface area contributed by atoms with Gasteiger partial charge in [-0.2, -0.15) is 0 Å². The van der Waals surface area contributed by atoms with E-state index in [1.54, 1.807) is 12.4 Å². The quantitative estimate of drug-likeness (QED) is 0.300. The highest BCUT2D eigenvalue weighted by Gasteiger charge is 1.92. The average molecular weight is 418 g/mol. The highest BCUT2D eigenvalue weighted by Crippen LogP contribution is 2.16. The molecule has 0 atom stereocenters. The van der Waals surface area contributed by atoms with Gasteiger partial charge in [-0.25, -0.2) is 0 Å². The van der Waals surface area contributed by atoms with Gasteiger partial charge >= 0.3 is 0 Å². The zero-order valence-electron chi connectivity index (χ0n) is 21.0. The number of aryl methyl sites for hydroxylation is 2. The zero-order valence-corrected chi connectivity index (χ0v) is 21.0. The monoisotopic (exact) mass is 417 g/mol. The smallest absolute Gasteiger partial charge is 0.0267 e. The molecule has 31 heavy (non-hydrogen) atoms. The predicted molar refractivity (Wildman–Crippen MR) is 143 cm³/mol. The number of hydrogen-bond acceptors (Lipinski definition) is 1.